The van der Waals surface area contributed by atoms with E-state index >= 15 is 0 Å². The van der Waals surface area contributed by atoms with Gasteiger partial charge in [0, 0.05) is 25.7 Å². The Morgan fingerprint density at radius 3 is 0.891 bits per heavy atom. The lowest BCUT2D eigenvalue weighted by atomic mass is 9.99. The zero-order valence-electron chi connectivity index (χ0n) is 65.7. The Balaban J connectivity index is 5.25. The number of carbonyl (C=O) groups excluding carboxylic acids is 4. The van der Waals surface area contributed by atoms with Crippen LogP contribution in [-0.2, 0) is 65.4 Å². The molecule has 3 unspecified atom stereocenters. The maximum atomic E-state index is 13.1. The molecular weight excluding hydrogens is 1320 g/mol. The Labute approximate surface area is 618 Å². The molecule has 0 spiro atoms. The summed E-state index contributed by atoms with van der Waals surface area (Å²) in [5.41, 5.74) is 0. The van der Waals surface area contributed by atoms with Gasteiger partial charge in [0.15, 0.2) is 12.2 Å². The maximum Gasteiger partial charge on any atom is 0.472 e. The third-order valence-electron chi connectivity index (χ3n) is 18.9. The van der Waals surface area contributed by atoms with Crippen molar-refractivity contribution in [3.05, 3.63) is 24.3 Å². The second kappa shape index (κ2) is 73.1. The van der Waals surface area contributed by atoms with Crippen molar-refractivity contribution in [1.29, 1.82) is 0 Å². The van der Waals surface area contributed by atoms with E-state index in [0.717, 1.165) is 121 Å². The van der Waals surface area contributed by atoms with Crippen LogP contribution in [0.15, 0.2) is 24.3 Å². The van der Waals surface area contributed by atoms with Gasteiger partial charge in [-0.1, -0.05) is 355 Å². The molecule has 0 aliphatic rings. The molecule has 0 aliphatic heterocycles. The predicted octanol–water partition coefficient (Wildman–Crippen LogP) is 24.2. The molecule has 3 N–H and O–H groups in total. The lowest BCUT2D eigenvalue weighted by Crippen LogP contribution is -2.30. The molecule has 0 fully saturated rings. The Kier molecular flexibility index (Phi) is 71.3. The van der Waals surface area contributed by atoms with Crippen molar-refractivity contribution in [3.63, 3.8) is 0 Å². The molecule has 0 aromatic rings. The van der Waals surface area contributed by atoms with Crippen molar-refractivity contribution in [2.45, 2.75) is 426 Å². The van der Waals surface area contributed by atoms with Crippen LogP contribution in [0.3, 0.4) is 0 Å². The smallest absolute Gasteiger partial charge is 0.462 e. The number of carbonyl (C=O) groups is 4. The van der Waals surface area contributed by atoms with Gasteiger partial charge in [0.2, 0.25) is 0 Å². The standard InChI is InChI=1S/C82H156O17P2/c1-7-10-12-14-16-18-20-22-24-25-26-27-28-29-30-32-34-36-40-48-54-60-66-81(86)98-77(70-92-79(84)64-58-52-46-39-35-33-31-23-21-19-17-15-13-11-8-2)72-96-100(88,89)94-68-76(83)69-95-101(90,91)97-73-78(99-82(87)67-61-55-49-41-37-38-44-50-56-62-74(4)5)71-93-80(85)65-59-53-47-43-42-45-51-57-63-75(6)9-3/h19,21,23,31,74-78,83H,7-18,20,22,24-30,32-73H2,1-6H3,(H,88,89)(H,90,91)/b21-19-,31-23-/t75?,76-,77-,78-/m1/s1. The quantitative estimate of drug-likeness (QED) is 0.0169. The van der Waals surface area contributed by atoms with Gasteiger partial charge in [-0.05, 0) is 63.2 Å². The molecule has 0 aromatic carbocycles. The van der Waals surface area contributed by atoms with E-state index < -0.39 is 97.5 Å². The van der Waals surface area contributed by atoms with Gasteiger partial charge in [0.25, 0.3) is 0 Å². The summed E-state index contributed by atoms with van der Waals surface area (Å²) in [4.78, 5) is 73.0. The molecule has 0 aromatic heterocycles. The summed E-state index contributed by atoms with van der Waals surface area (Å²) in [6.45, 7) is 9.54. The van der Waals surface area contributed by atoms with Gasteiger partial charge >= 0.3 is 39.5 Å². The largest absolute Gasteiger partial charge is 0.472 e. The van der Waals surface area contributed by atoms with Crippen molar-refractivity contribution in [3.8, 4) is 0 Å². The van der Waals surface area contributed by atoms with E-state index in [1.165, 1.54) is 205 Å². The van der Waals surface area contributed by atoms with Gasteiger partial charge in [-0.2, -0.15) is 0 Å². The van der Waals surface area contributed by atoms with E-state index in [0.29, 0.717) is 25.7 Å². The fourth-order valence-corrected chi connectivity index (χ4v) is 13.7. The monoisotopic (exact) mass is 1480 g/mol. The van der Waals surface area contributed by atoms with Crippen LogP contribution < -0.4 is 0 Å². The SMILES string of the molecule is CCCCCC/C=C\C=C/CCCCCCCC(=O)OC[C@H](COP(=O)(O)OC[C@@H](O)COP(=O)(O)OC[C@@H](COC(=O)CCCCCCCCCCC(C)CC)OC(=O)CCCCCCCCCCCC(C)C)OC(=O)CCCCCCCCCCCCCCCCCCCCCCCC. The fraction of sp³-hybridized carbons (Fsp3) is 0.902. The number of unbranched alkanes of at least 4 members (excludes halogenated alkanes) is 45. The minimum absolute atomic E-state index is 0.102. The first-order valence-electron chi connectivity index (χ1n) is 41.8. The van der Waals surface area contributed by atoms with Crippen LogP contribution in [0.5, 0.6) is 0 Å². The number of allylic oxidation sites excluding steroid dienone is 4. The van der Waals surface area contributed by atoms with Crippen LogP contribution in [0.4, 0.5) is 0 Å². The Hall–Kier alpha value is -2.46. The first-order valence-corrected chi connectivity index (χ1v) is 44.8. The van der Waals surface area contributed by atoms with E-state index in [1.54, 1.807) is 0 Å². The third-order valence-corrected chi connectivity index (χ3v) is 20.8. The number of aliphatic hydroxyl groups is 1. The molecule has 101 heavy (non-hydrogen) atoms. The average molecular weight is 1480 g/mol. The Morgan fingerprint density at radius 1 is 0.327 bits per heavy atom. The van der Waals surface area contributed by atoms with Gasteiger partial charge in [-0.25, -0.2) is 9.13 Å². The number of phosphoric ester groups is 2. The third kappa shape index (κ3) is 74.2. The second-order valence-electron chi connectivity index (χ2n) is 29.5. The van der Waals surface area contributed by atoms with Crippen molar-refractivity contribution in [1.82, 2.24) is 0 Å². The molecule has 596 valence electrons. The van der Waals surface area contributed by atoms with Gasteiger partial charge < -0.3 is 33.8 Å². The van der Waals surface area contributed by atoms with E-state index in [2.05, 4.69) is 65.8 Å². The second-order valence-corrected chi connectivity index (χ2v) is 32.5. The van der Waals surface area contributed by atoms with Crippen molar-refractivity contribution in [2.75, 3.05) is 39.6 Å². The molecule has 0 saturated carbocycles. The Bertz CT molecular complexity index is 2040. The summed E-state index contributed by atoms with van der Waals surface area (Å²) in [6.07, 6.45) is 66.1. The number of esters is 4. The normalized spacial score (nSPS) is 14.3. The number of rotatable bonds is 79. The molecule has 0 bridgehead atoms. The van der Waals surface area contributed by atoms with Crippen LogP contribution in [0.25, 0.3) is 0 Å². The van der Waals surface area contributed by atoms with Crippen molar-refractivity contribution >= 4 is 39.5 Å². The molecule has 17 nitrogen and oxygen atoms in total. The summed E-state index contributed by atoms with van der Waals surface area (Å²) in [5, 5.41) is 10.6. The summed E-state index contributed by atoms with van der Waals surface area (Å²) in [5.74, 6) is -0.630. The predicted molar refractivity (Wildman–Crippen MR) is 414 cm³/mol. The number of hydrogen-bond acceptors (Lipinski definition) is 15. The fourth-order valence-electron chi connectivity index (χ4n) is 12.1. The number of hydrogen-bond donors (Lipinski definition) is 3. The lowest BCUT2D eigenvalue weighted by Gasteiger charge is -2.21. The van der Waals surface area contributed by atoms with Gasteiger partial charge in [0.1, 0.15) is 19.3 Å². The zero-order valence-corrected chi connectivity index (χ0v) is 67.5. The topological polar surface area (TPSA) is 237 Å². The van der Waals surface area contributed by atoms with Crippen LogP contribution >= 0.6 is 15.6 Å². The lowest BCUT2D eigenvalue weighted by molar-refractivity contribution is -0.161. The van der Waals surface area contributed by atoms with Gasteiger partial charge in [-0.3, -0.25) is 37.3 Å². The van der Waals surface area contributed by atoms with Crippen LogP contribution in [-0.4, -0.2) is 96.7 Å². The van der Waals surface area contributed by atoms with Crippen molar-refractivity contribution < 1.29 is 80.2 Å². The highest BCUT2D eigenvalue weighted by Gasteiger charge is 2.30. The van der Waals surface area contributed by atoms with Crippen molar-refractivity contribution in [2.24, 2.45) is 11.8 Å². The molecule has 0 radical (unpaired) electrons. The van der Waals surface area contributed by atoms with Gasteiger partial charge in [-0.15, -0.1) is 0 Å². The van der Waals surface area contributed by atoms with Crippen LogP contribution in [0.1, 0.15) is 408 Å². The van der Waals surface area contributed by atoms with Crippen LogP contribution in [0, 0.1) is 11.8 Å². The van der Waals surface area contributed by atoms with E-state index in [9.17, 15) is 43.2 Å². The van der Waals surface area contributed by atoms with Gasteiger partial charge in [0.05, 0.1) is 26.4 Å². The highest BCUT2D eigenvalue weighted by molar-refractivity contribution is 7.47. The summed E-state index contributed by atoms with van der Waals surface area (Å²) in [6, 6.07) is 0. The minimum atomic E-state index is -4.97. The summed E-state index contributed by atoms with van der Waals surface area (Å²) < 4.78 is 68.7. The maximum absolute atomic E-state index is 13.1. The molecule has 0 aliphatic carbocycles. The number of phosphoric acid groups is 2. The molecule has 0 heterocycles. The van der Waals surface area contributed by atoms with E-state index in [1.807, 2.05) is 0 Å². The highest BCUT2D eigenvalue weighted by Crippen LogP contribution is 2.45. The summed E-state index contributed by atoms with van der Waals surface area (Å²) in [7, 11) is -9.93. The zero-order chi connectivity index (χ0) is 74.2. The van der Waals surface area contributed by atoms with Crippen LogP contribution in [0.2, 0.25) is 0 Å². The molecule has 6 atom stereocenters. The first-order chi connectivity index (χ1) is 48.9. The average Bonchev–Trinajstić information content (AvgIpc) is 0.955. The minimum Gasteiger partial charge on any atom is -0.462 e. The molecule has 0 rings (SSSR count). The molecule has 0 amide bonds. The summed E-state index contributed by atoms with van der Waals surface area (Å²) >= 11 is 0. The molecular formula is C82H156O17P2. The highest BCUT2D eigenvalue weighted by atomic mass is 31.2. The number of aliphatic hydroxyl groups excluding tert-OH is 1. The first kappa shape index (κ1) is 98.5. The van der Waals surface area contributed by atoms with E-state index in [4.69, 9.17) is 37.0 Å². The molecule has 19 heteroatoms. The van der Waals surface area contributed by atoms with E-state index in [-0.39, 0.29) is 25.7 Å². The number of ether oxygens (including phenoxy) is 4. The molecule has 0 saturated heterocycles. The Morgan fingerprint density at radius 2 is 0.584 bits per heavy atom.